The molecule has 0 aliphatic rings. The maximum Gasteiger partial charge on any atom is 0.237 e. The van der Waals surface area contributed by atoms with E-state index in [1.54, 1.807) is 0 Å². The maximum atomic E-state index is 13.3. The lowest BCUT2D eigenvalue weighted by molar-refractivity contribution is -0.122. The fraction of sp³-hybridized carbons (Fsp3) is 0.385. The van der Waals surface area contributed by atoms with Crippen LogP contribution >= 0.6 is 35.4 Å². The van der Waals surface area contributed by atoms with E-state index in [-0.39, 0.29) is 20.9 Å². The Morgan fingerprint density at radius 2 is 1.80 bits per heavy atom. The lowest BCUT2D eigenvalue weighted by atomic mass is 9.81. The Morgan fingerprint density at radius 1 is 1.35 bits per heavy atom. The molecule has 0 aliphatic carbocycles. The van der Waals surface area contributed by atoms with Gasteiger partial charge in [0.25, 0.3) is 0 Å². The molecular weight excluding hydrogens is 322 g/mol. The molecule has 0 atom stereocenters. The van der Waals surface area contributed by atoms with Crippen LogP contribution in [0.4, 0.5) is 10.1 Å². The topological polar surface area (TPSA) is 55.1 Å². The molecule has 1 rings (SSSR count). The van der Waals surface area contributed by atoms with E-state index in [0.29, 0.717) is 18.5 Å². The summed E-state index contributed by atoms with van der Waals surface area (Å²) in [7, 11) is 0. The molecule has 3 nitrogen and oxygen atoms in total. The Morgan fingerprint density at radius 3 is 2.15 bits per heavy atom. The summed E-state index contributed by atoms with van der Waals surface area (Å²) in [5.74, 6) is -1.08. The summed E-state index contributed by atoms with van der Waals surface area (Å²) in [5, 5.41) is 2.30. The third-order valence-corrected chi connectivity index (χ3v) is 4.30. The van der Waals surface area contributed by atoms with Crippen molar-refractivity contribution in [1.29, 1.82) is 0 Å². The van der Waals surface area contributed by atoms with Gasteiger partial charge in [0.2, 0.25) is 5.91 Å². The summed E-state index contributed by atoms with van der Waals surface area (Å²) in [6.07, 6.45) is 0.931. The Hall–Kier alpha value is -0.910. The second-order valence-electron chi connectivity index (χ2n) is 4.36. The van der Waals surface area contributed by atoms with Crippen LogP contribution in [0.25, 0.3) is 0 Å². The predicted octanol–water partition coefficient (Wildman–Crippen LogP) is 4.16. The summed E-state index contributed by atoms with van der Waals surface area (Å²) >= 11 is 16.4. The Labute approximate surface area is 132 Å². The highest BCUT2D eigenvalue weighted by molar-refractivity contribution is 7.80. The van der Waals surface area contributed by atoms with E-state index in [9.17, 15) is 9.18 Å². The van der Waals surface area contributed by atoms with Crippen LogP contribution in [0.3, 0.4) is 0 Å². The number of halogens is 3. The van der Waals surface area contributed by atoms with E-state index in [4.69, 9.17) is 41.2 Å². The van der Waals surface area contributed by atoms with E-state index in [1.807, 2.05) is 13.8 Å². The van der Waals surface area contributed by atoms with Crippen molar-refractivity contribution in [3.63, 3.8) is 0 Å². The fourth-order valence-electron chi connectivity index (χ4n) is 1.91. The fourth-order valence-corrected chi connectivity index (χ4v) is 2.78. The second-order valence-corrected chi connectivity index (χ2v) is 5.62. The van der Waals surface area contributed by atoms with E-state index >= 15 is 0 Å². The smallest absolute Gasteiger partial charge is 0.237 e. The number of carbonyl (C=O) groups excluding carboxylic acids is 1. The number of rotatable bonds is 5. The van der Waals surface area contributed by atoms with Crippen molar-refractivity contribution in [2.24, 2.45) is 11.1 Å². The monoisotopic (exact) mass is 336 g/mol. The molecule has 0 fully saturated rings. The van der Waals surface area contributed by atoms with Crippen LogP contribution in [0.5, 0.6) is 0 Å². The lowest BCUT2D eigenvalue weighted by Gasteiger charge is -2.29. The van der Waals surface area contributed by atoms with Crippen LogP contribution in [0.2, 0.25) is 10.0 Å². The molecule has 0 aromatic heterocycles. The minimum absolute atomic E-state index is 0.124. The van der Waals surface area contributed by atoms with Gasteiger partial charge in [-0.3, -0.25) is 4.79 Å². The van der Waals surface area contributed by atoms with Crippen molar-refractivity contribution >= 4 is 52.0 Å². The van der Waals surface area contributed by atoms with Gasteiger partial charge in [-0.1, -0.05) is 49.3 Å². The standard InChI is InChI=1S/C13H15Cl2FN2OS/c1-3-13(4-2,11(17)20)12(19)18-7-5-8(14)10(16)9(15)6-7/h5-6H,3-4H2,1-2H3,(H2,17,20)(H,18,19). The van der Waals surface area contributed by atoms with E-state index in [2.05, 4.69) is 5.32 Å². The highest BCUT2D eigenvalue weighted by Gasteiger charge is 2.38. The van der Waals surface area contributed by atoms with Crippen molar-refractivity contribution < 1.29 is 9.18 Å². The number of benzene rings is 1. The van der Waals surface area contributed by atoms with Crippen LogP contribution < -0.4 is 11.1 Å². The zero-order valence-electron chi connectivity index (χ0n) is 11.1. The number of hydrogen-bond donors (Lipinski definition) is 2. The Balaban J connectivity index is 3.09. The van der Waals surface area contributed by atoms with Crippen molar-refractivity contribution in [2.75, 3.05) is 5.32 Å². The van der Waals surface area contributed by atoms with Gasteiger partial charge in [-0.2, -0.15) is 0 Å². The third kappa shape index (κ3) is 3.22. The van der Waals surface area contributed by atoms with Gasteiger partial charge >= 0.3 is 0 Å². The molecule has 0 bridgehead atoms. The molecule has 0 saturated heterocycles. The zero-order chi connectivity index (χ0) is 15.5. The van der Waals surface area contributed by atoms with Crippen LogP contribution in [0.1, 0.15) is 26.7 Å². The normalized spacial score (nSPS) is 11.2. The molecule has 0 heterocycles. The largest absolute Gasteiger partial charge is 0.392 e. The predicted molar refractivity (Wildman–Crippen MR) is 84.9 cm³/mol. The van der Waals surface area contributed by atoms with E-state index in [1.165, 1.54) is 12.1 Å². The summed E-state index contributed by atoms with van der Waals surface area (Å²) in [4.78, 5) is 12.5. The van der Waals surface area contributed by atoms with Crippen molar-refractivity contribution in [2.45, 2.75) is 26.7 Å². The van der Waals surface area contributed by atoms with Crippen molar-refractivity contribution in [3.05, 3.63) is 28.0 Å². The average molecular weight is 337 g/mol. The third-order valence-electron chi connectivity index (χ3n) is 3.36. The number of nitrogens with one attached hydrogen (secondary N) is 1. The van der Waals surface area contributed by atoms with Gasteiger partial charge < -0.3 is 11.1 Å². The van der Waals surface area contributed by atoms with E-state index in [0.717, 1.165) is 0 Å². The summed E-state index contributed by atoms with van der Waals surface area (Å²) < 4.78 is 13.3. The number of amides is 1. The van der Waals surface area contributed by atoms with Crippen LogP contribution in [0.15, 0.2) is 12.1 Å². The van der Waals surface area contributed by atoms with E-state index < -0.39 is 11.2 Å². The molecule has 0 unspecified atom stereocenters. The van der Waals surface area contributed by atoms with Crippen LogP contribution in [0, 0.1) is 11.2 Å². The van der Waals surface area contributed by atoms with Crippen LogP contribution in [-0.2, 0) is 4.79 Å². The average Bonchev–Trinajstić information content (AvgIpc) is 2.37. The minimum atomic E-state index is -0.942. The molecule has 0 saturated carbocycles. The first kappa shape index (κ1) is 17.1. The molecule has 3 N–H and O–H groups in total. The number of thiocarbonyl (C=S) groups is 1. The molecule has 7 heteroatoms. The highest BCUT2D eigenvalue weighted by atomic mass is 35.5. The minimum Gasteiger partial charge on any atom is -0.392 e. The molecular formula is C13H15Cl2FN2OS. The van der Waals surface area contributed by atoms with Gasteiger partial charge in [0.05, 0.1) is 20.4 Å². The second kappa shape index (κ2) is 6.70. The molecule has 1 aromatic rings. The first-order valence-electron chi connectivity index (χ1n) is 6.04. The Bertz CT molecular complexity index is 524. The molecule has 0 aliphatic heterocycles. The summed E-state index contributed by atoms with van der Waals surface area (Å²) in [5.41, 5.74) is 5.05. The maximum absolute atomic E-state index is 13.3. The van der Waals surface area contributed by atoms with Crippen molar-refractivity contribution in [1.82, 2.24) is 0 Å². The van der Waals surface area contributed by atoms with Gasteiger partial charge in [-0.15, -0.1) is 0 Å². The van der Waals surface area contributed by atoms with Crippen molar-refractivity contribution in [3.8, 4) is 0 Å². The molecule has 1 amide bonds. The van der Waals surface area contributed by atoms with Gasteiger partial charge in [0.15, 0.2) is 5.82 Å². The SMILES string of the molecule is CCC(CC)(C(=O)Nc1cc(Cl)c(F)c(Cl)c1)C(N)=S. The quantitative estimate of drug-likeness (QED) is 0.626. The number of carbonyl (C=O) groups is 1. The van der Waals surface area contributed by atoms with Gasteiger partial charge in [-0.05, 0) is 25.0 Å². The van der Waals surface area contributed by atoms with Gasteiger partial charge in [0.1, 0.15) is 0 Å². The summed E-state index contributed by atoms with van der Waals surface area (Å²) in [6, 6.07) is 2.58. The molecule has 0 spiro atoms. The molecule has 110 valence electrons. The molecule has 1 aromatic carbocycles. The number of nitrogens with two attached hydrogens (primary N) is 1. The lowest BCUT2D eigenvalue weighted by Crippen LogP contribution is -2.45. The van der Waals surface area contributed by atoms with Gasteiger partial charge in [0, 0.05) is 5.69 Å². The highest BCUT2D eigenvalue weighted by Crippen LogP contribution is 2.31. The number of hydrogen-bond acceptors (Lipinski definition) is 2. The number of anilines is 1. The first-order valence-corrected chi connectivity index (χ1v) is 7.20. The zero-order valence-corrected chi connectivity index (χ0v) is 13.4. The van der Waals surface area contributed by atoms with Crippen LogP contribution in [-0.4, -0.2) is 10.9 Å². The molecule has 20 heavy (non-hydrogen) atoms. The Kier molecular flexibility index (Phi) is 5.74. The summed E-state index contributed by atoms with van der Waals surface area (Å²) in [6.45, 7) is 3.65. The first-order chi connectivity index (χ1) is 9.28. The van der Waals surface area contributed by atoms with Gasteiger partial charge in [-0.25, -0.2) is 4.39 Å². The molecule has 0 radical (unpaired) electrons.